The van der Waals surface area contributed by atoms with Gasteiger partial charge in [-0.1, -0.05) is 18.2 Å². The molecule has 1 unspecified atom stereocenters. The number of rotatable bonds is 6. The molecule has 0 saturated carbocycles. The van der Waals surface area contributed by atoms with Gasteiger partial charge in [0.1, 0.15) is 0 Å². The number of hydrogen-bond donors (Lipinski definition) is 2. The fourth-order valence-electron chi connectivity index (χ4n) is 3.18. The molecule has 0 spiro atoms. The van der Waals surface area contributed by atoms with Gasteiger partial charge in [0.15, 0.2) is 11.6 Å². The number of methoxy groups -OCH3 is 1. The number of carbonyl (C=O) groups is 2. The van der Waals surface area contributed by atoms with Gasteiger partial charge < -0.3 is 20.3 Å². The fraction of sp³-hybridized carbons (Fsp3) is 0.333. The fourth-order valence-corrected chi connectivity index (χ4v) is 3.18. The van der Waals surface area contributed by atoms with Crippen molar-refractivity contribution in [3.8, 4) is 5.75 Å². The molecule has 28 heavy (non-hydrogen) atoms. The molecular weight excluding hydrogens is 361 g/mol. The molecule has 0 aliphatic carbocycles. The summed E-state index contributed by atoms with van der Waals surface area (Å²) < 4.78 is 18.7. The molecule has 1 aliphatic heterocycles. The molecule has 0 bridgehead atoms. The van der Waals surface area contributed by atoms with E-state index < -0.39 is 5.82 Å². The van der Waals surface area contributed by atoms with Crippen LogP contribution in [-0.2, 0) is 11.3 Å². The summed E-state index contributed by atoms with van der Waals surface area (Å²) in [4.78, 5) is 25.8. The molecular formula is C21H24FN3O3. The predicted octanol–water partition coefficient (Wildman–Crippen LogP) is 3.84. The monoisotopic (exact) mass is 385 g/mol. The van der Waals surface area contributed by atoms with Gasteiger partial charge in [0.2, 0.25) is 5.91 Å². The molecule has 3 amide bonds. The summed E-state index contributed by atoms with van der Waals surface area (Å²) in [6.07, 6.45) is 1.53. The zero-order valence-corrected chi connectivity index (χ0v) is 16.0. The van der Waals surface area contributed by atoms with E-state index in [2.05, 4.69) is 10.6 Å². The van der Waals surface area contributed by atoms with Crippen LogP contribution >= 0.6 is 0 Å². The molecule has 6 nitrogen and oxygen atoms in total. The standard InChI is InChI=1S/C21H24FN3O3/c1-14(16-7-10-19(28-2)18(22)12-16)23-21(27)24-17-8-5-15(6-9-17)13-25-11-3-4-20(25)26/h5-10,12,14H,3-4,11,13H2,1-2H3,(H2,23,24,27). The van der Waals surface area contributed by atoms with Gasteiger partial charge in [-0.25, -0.2) is 9.18 Å². The second kappa shape index (κ2) is 8.73. The quantitative estimate of drug-likeness (QED) is 0.794. The predicted molar refractivity (Wildman–Crippen MR) is 105 cm³/mol. The number of carbonyl (C=O) groups excluding carboxylic acids is 2. The van der Waals surface area contributed by atoms with Crippen molar-refractivity contribution in [2.75, 3.05) is 19.0 Å². The van der Waals surface area contributed by atoms with E-state index in [1.54, 1.807) is 25.1 Å². The van der Waals surface area contributed by atoms with Crippen LogP contribution in [0.25, 0.3) is 0 Å². The molecule has 1 heterocycles. The Balaban J connectivity index is 1.54. The van der Waals surface area contributed by atoms with E-state index in [0.29, 0.717) is 24.2 Å². The van der Waals surface area contributed by atoms with Gasteiger partial charge in [-0.15, -0.1) is 0 Å². The number of nitrogens with one attached hydrogen (secondary N) is 2. The average Bonchev–Trinajstić information content (AvgIpc) is 3.07. The van der Waals surface area contributed by atoms with Gasteiger partial charge in [0.05, 0.1) is 13.2 Å². The first kappa shape index (κ1) is 19.7. The van der Waals surface area contributed by atoms with E-state index in [4.69, 9.17) is 4.74 Å². The van der Waals surface area contributed by atoms with Crippen LogP contribution in [0.15, 0.2) is 42.5 Å². The summed E-state index contributed by atoms with van der Waals surface area (Å²) in [5.74, 6) is -0.122. The van der Waals surface area contributed by atoms with Crippen LogP contribution < -0.4 is 15.4 Å². The molecule has 1 fully saturated rings. The highest BCUT2D eigenvalue weighted by Gasteiger charge is 2.20. The maximum absolute atomic E-state index is 13.8. The summed E-state index contributed by atoms with van der Waals surface area (Å²) >= 11 is 0. The molecule has 2 aromatic rings. The van der Waals surface area contributed by atoms with Gasteiger partial charge in [-0.3, -0.25) is 4.79 Å². The number of ether oxygens (including phenoxy) is 1. The SMILES string of the molecule is COc1ccc(C(C)NC(=O)Nc2ccc(CN3CCCC3=O)cc2)cc1F. The lowest BCUT2D eigenvalue weighted by Crippen LogP contribution is -2.31. The Morgan fingerprint density at radius 2 is 2.00 bits per heavy atom. The van der Waals surface area contributed by atoms with Gasteiger partial charge in [0.25, 0.3) is 0 Å². The molecule has 2 aromatic carbocycles. The Morgan fingerprint density at radius 1 is 1.25 bits per heavy atom. The minimum Gasteiger partial charge on any atom is -0.494 e. The highest BCUT2D eigenvalue weighted by molar-refractivity contribution is 5.89. The van der Waals surface area contributed by atoms with E-state index in [-0.39, 0.29) is 23.7 Å². The Hall–Kier alpha value is -3.09. The van der Waals surface area contributed by atoms with E-state index >= 15 is 0 Å². The van der Waals surface area contributed by atoms with Crippen LogP contribution in [0.3, 0.4) is 0 Å². The Kier molecular flexibility index (Phi) is 6.13. The number of amides is 3. The Bertz CT molecular complexity index is 854. The van der Waals surface area contributed by atoms with Crippen molar-refractivity contribution < 1.29 is 18.7 Å². The van der Waals surface area contributed by atoms with Gasteiger partial charge in [0, 0.05) is 25.2 Å². The third-order valence-corrected chi connectivity index (χ3v) is 4.78. The summed E-state index contributed by atoms with van der Waals surface area (Å²) in [5, 5.41) is 5.54. The minimum absolute atomic E-state index is 0.163. The zero-order chi connectivity index (χ0) is 20.1. The summed E-state index contributed by atoms with van der Waals surface area (Å²) in [7, 11) is 1.40. The largest absolute Gasteiger partial charge is 0.494 e. The molecule has 1 aliphatic rings. The molecule has 148 valence electrons. The van der Waals surface area contributed by atoms with Crippen molar-refractivity contribution in [2.45, 2.75) is 32.4 Å². The molecule has 0 radical (unpaired) electrons. The molecule has 3 rings (SSSR count). The van der Waals surface area contributed by atoms with Crippen molar-refractivity contribution in [1.29, 1.82) is 0 Å². The lowest BCUT2D eigenvalue weighted by molar-refractivity contribution is -0.128. The first-order chi connectivity index (χ1) is 13.5. The van der Waals surface area contributed by atoms with Crippen LogP contribution in [0.4, 0.5) is 14.9 Å². The third kappa shape index (κ3) is 4.79. The summed E-state index contributed by atoms with van der Waals surface area (Å²) in [5.41, 5.74) is 2.30. The number of likely N-dealkylation sites (tertiary alicyclic amines) is 1. The number of urea groups is 1. The second-order valence-corrected chi connectivity index (χ2v) is 6.83. The number of anilines is 1. The Labute approximate surface area is 163 Å². The number of benzene rings is 2. The third-order valence-electron chi connectivity index (χ3n) is 4.78. The lowest BCUT2D eigenvalue weighted by Gasteiger charge is -2.17. The van der Waals surface area contributed by atoms with Crippen LogP contribution in [0, 0.1) is 5.82 Å². The van der Waals surface area contributed by atoms with Crippen LogP contribution in [0.1, 0.15) is 36.9 Å². The average molecular weight is 385 g/mol. The Morgan fingerprint density at radius 3 is 2.61 bits per heavy atom. The van der Waals surface area contributed by atoms with Crippen LogP contribution in [0.5, 0.6) is 5.75 Å². The van der Waals surface area contributed by atoms with E-state index in [1.807, 2.05) is 17.0 Å². The van der Waals surface area contributed by atoms with E-state index in [9.17, 15) is 14.0 Å². The lowest BCUT2D eigenvalue weighted by atomic mass is 10.1. The molecule has 1 atom stereocenters. The maximum atomic E-state index is 13.8. The highest BCUT2D eigenvalue weighted by Crippen LogP contribution is 2.22. The van der Waals surface area contributed by atoms with Crippen molar-refractivity contribution in [3.05, 3.63) is 59.4 Å². The number of hydrogen-bond acceptors (Lipinski definition) is 3. The molecule has 7 heteroatoms. The molecule has 2 N–H and O–H groups in total. The summed E-state index contributed by atoms with van der Waals surface area (Å²) in [6, 6.07) is 11.2. The topological polar surface area (TPSA) is 70.7 Å². The van der Waals surface area contributed by atoms with E-state index in [1.165, 1.54) is 19.2 Å². The summed E-state index contributed by atoms with van der Waals surface area (Å²) in [6.45, 7) is 3.16. The van der Waals surface area contributed by atoms with Crippen LogP contribution in [-0.4, -0.2) is 30.5 Å². The first-order valence-corrected chi connectivity index (χ1v) is 9.24. The first-order valence-electron chi connectivity index (χ1n) is 9.24. The molecule has 1 saturated heterocycles. The van der Waals surface area contributed by atoms with Gasteiger partial charge in [-0.05, 0) is 48.7 Å². The maximum Gasteiger partial charge on any atom is 0.319 e. The second-order valence-electron chi connectivity index (χ2n) is 6.83. The van der Waals surface area contributed by atoms with Crippen molar-refractivity contribution >= 4 is 17.6 Å². The zero-order valence-electron chi connectivity index (χ0n) is 16.0. The van der Waals surface area contributed by atoms with Crippen LogP contribution in [0.2, 0.25) is 0 Å². The smallest absolute Gasteiger partial charge is 0.319 e. The van der Waals surface area contributed by atoms with Gasteiger partial charge in [-0.2, -0.15) is 0 Å². The number of halogens is 1. The van der Waals surface area contributed by atoms with Gasteiger partial charge >= 0.3 is 6.03 Å². The number of nitrogens with zero attached hydrogens (tertiary/aromatic N) is 1. The van der Waals surface area contributed by atoms with Crippen molar-refractivity contribution in [1.82, 2.24) is 10.2 Å². The minimum atomic E-state index is -0.471. The van der Waals surface area contributed by atoms with Crippen molar-refractivity contribution in [2.24, 2.45) is 0 Å². The molecule has 0 aromatic heterocycles. The normalized spacial score (nSPS) is 14.7. The van der Waals surface area contributed by atoms with E-state index in [0.717, 1.165) is 18.5 Å². The highest BCUT2D eigenvalue weighted by atomic mass is 19.1. The van der Waals surface area contributed by atoms with Crippen molar-refractivity contribution in [3.63, 3.8) is 0 Å².